The van der Waals surface area contributed by atoms with Gasteiger partial charge in [-0.3, -0.25) is 19.8 Å². The van der Waals surface area contributed by atoms with Gasteiger partial charge in [0, 0.05) is 25.2 Å². The maximum atomic E-state index is 13.3. The van der Waals surface area contributed by atoms with E-state index in [1.807, 2.05) is 6.07 Å². The Bertz CT molecular complexity index is 985. The molecular formula is C27H42N6O5. The summed E-state index contributed by atoms with van der Waals surface area (Å²) in [7, 11) is 0. The van der Waals surface area contributed by atoms with E-state index in [-0.39, 0.29) is 12.8 Å². The second-order valence-corrected chi connectivity index (χ2v) is 9.32. The molecule has 0 saturated carbocycles. The van der Waals surface area contributed by atoms with Crippen LogP contribution in [0.5, 0.6) is 0 Å². The highest BCUT2D eigenvalue weighted by atomic mass is 16.4. The number of nitrogens with two attached hydrogens (primary N) is 2. The number of amidine groups is 2. The summed E-state index contributed by atoms with van der Waals surface area (Å²) in [4.78, 5) is 49.5. The fourth-order valence-electron chi connectivity index (χ4n) is 3.85. The Morgan fingerprint density at radius 3 is 1.89 bits per heavy atom. The van der Waals surface area contributed by atoms with Gasteiger partial charge in [-0.1, -0.05) is 30.3 Å². The van der Waals surface area contributed by atoms with Crippen LogP contribution in [0.15, 0.2) is 45.3 Å². The Morgan fingerprint density at radius 2 is 1.39 bits per heavy atom. The number of aliphatic imine (C=N–C) groups is 3. The number of rotatable bonds is 18. The zero-order valence-corrected chi connectivity index (χ0v) is 22.6. The third-order valence-electron chi connectivity index (χ3n) is 5.80. The van der Waals surface area contributed by atoms with Crippen molar-refractivity contribution in [3.63, 3.8) is 0 Å². The van der Waals surface area contributed by atoms with Gasteiger partial charge in [-0.25, -0.2) is 9.59 Å². The number of benzene rings is 1. The molecule has 11 nitrogen and oxygen atoms in total. The Labute approximate surface area is 224 Å². The lowest BCUT2D eigenvalue weighted by atomic mass is 9.92. The van der Waals surface area contributed by atoms with Crippen LogP contribution in [0.1, 0.15) is 77.2 Å². The lowest BCUT2D eigenvalue weighted by Crippen LogP contribution is -2.43. The summed E-state index contributed by atoms with van der Waals surface area (Å²) in [6.45, 7) is 6.10. The minimum atomic E-state index is -1.12. The number of hydrogen-bond donors (Lipinski definition) is 5. The van der Waals surface area contributed by atoms with Gasteiger partial charge in [0.25, 0.3) is 0 Å². The maximum absolute atomic E-state index is 13.3. The first-order chi connectivity index (χ1) is 18.0. The highest BCUT2D eigenvalue weighted by Crippen LogP contribution is 2.22. The summed E-state index contributed by atoms with van der Waals surface area (Å²) in [6, 6.07) is 6.99. The van der Waals surface area contributed by atoms with Crippen LogP contribution in [0.3, 0.4) is 0 Å². The Kier molecular flexibility index (Phi) is 15.0. The van der Waals surface area contributed by atoms with Crippen LogP contribution in [0.4, 0.5) is 0 Å². The molecule has 1 amide bonds. The zero-order chi connectivity index (χ0) is 28.5. The van der Waals surface area contributed by atoms with E-state index in [4.69, 9.17) is 11.5 Å². The van der Waals surface area contributed by atoms with Crippen molar-refractivity contribution in [1.29, 1.82) is 0 Å². The van der Waals surface area contributed by atoms with E-state index in [0.717, 1.165) is 0 Å². The molecule has 0 aromatic heterocycles. The molecule has 0 spiro atoms. The van der Waals surface area contributed by atoms with Crippen molar-refractivity contribution in [2.75, 3.05) is 13.1 Å². The molecule has 7 N–H and O–H groups in total. The average Bonchev–Trinajstić information content (AvgIpc) is 2.85. The number of carboxylic acids is 2. The van der Waals surface area contributed by atoms with Crippen molar-refractivity contribution in [2.45, 2.75) is 83.7 Å². The predicted molar refractivity (Wildman–Crippen MR) is 150 cm³/mol. The van der Waals surface area contributed by atoms with E-state index in [1.165, 1.54) is 0 Å². The monoisotopic (exact) mass is 530 g/mol. The number of amides is 1. The van der Waals surface area contributed by atoms with Crippen LogP contribution < -0.4 is 16.8 Å². The van der Waals surface area contributed by atoms with Crippen LogP contribution in [-0.4, -0.2) is 70.6 Å². The summed E-state index contributed by atoms with van der Waals surface area (Å²) in [5.41, 5.74) is 12.2. The predicted octanol–water partition coefficient (Wildman–Crippen LogP) is 2.74. The van der Waals surface area contributed by atoms with E-state index in [2.05, 4.69) is 20.3 Å². The van der Waals surface area contributed by atoms with Crippen LogP contribution >= 0.6 is 0 Å². The fraction of sp³-hybridized carbons (Fsp3) is 0.556. The first kappa shape index (κ1) is 32.3. The molecule has 0 heterocycles. The molecular weight excluding hydrogens is 488 g/mol. The lowest BCUT2D eigenvalue weighted by molar-refractivity contribution is -0.142. The van der Waals surface area contributed by atoms with Gasteiger partial charge < -0.3 is 27.0 Å². The number of carbonyl (C=O) groups is 3. The van der Waals surface area contributed by atoms with Crippen molar-refractivity contribution in [2.24, 2.45) is 26.4 Å². The number of nitrogens with zero attached hydrogens (tertiary/aromatic N) is 3. The topological polar surface area (TPSA) is 193 Å². The molecule has 0 aliphatic carbocycles. The van der Waals surface area contributed by atoms with Gasteiger partial charge in [0.15, 0.2) is 0 Å². The molecule has 0 fully saturated rings. The maximum Gasteiger partial charge on any atom is 0.328 e. The van der Waals surface area contributed by atoms with Gasteiger partial charge >= 0.3 is 11.9 Å². The first-order valence-electron chi connectivity index (χ1n) is 12.9. The SMILES string of the molecule is CC(N)=NCCCCC(N=C(C)CC(C(=O)NC(CCCCN=C(C)N)C(=O)O)c1ccccc1)C(=O)O. The van der Waals surface area contributed by atoms with Gasteiger partial charge in [0.2, 0.25) is 5.91 Å². The Balaban J connectivity index is 2.94. The molecule has 210 valence electrons. The Morgan fingerprint density at radius 1 is 0.842 bits per heavy atom. The van der Waals surface area contributed by atoms with Crippen LogP contribution in [0.25, 0.3) is 0 Å². The number of carbonyl (C=O) groups excluding carboxylic acids is 1. The van der Waals surface area contributed by atoms with Crippen molar-refractivity contribution < 1.29 is 24.6 Å². The number of aliphatic carboxylic acids is 2. The van der Waals surface area contributed by atoms with Crippen LogP contribution in [0, 0.1) is 0 Å². The molecule has 0 aliphatic heterocycles. The molecule has 11 heteroatoms. The molecule has 3 unspecified atom stereocenters. The van der Waals surface area contributed by atoms with Crippen LogP contribution in [-0.2, 0) is 14.4 Å². The number of hydrogen-bond acceptors (Lipinski definition) is 6. The molecule has 1 aromatic carbocycles. The second-order valence-electron chi connectivity index (χ2n) is 9.32. The summed E-state index contributed by atoms with van der Waals surface area (Å²) < 4.78 is 0. The Hall–Kier alpha value is -3.76. The second kappa shape index (κ2) is 17.7. The van der Waals surface area contributed by atoms with Crippen molar-refractivity contribution in [1.82, 2.24) is 5.32 Å². The molecule has 3 atom stereocenters. The van der Waals surface area contributed by atoms with Gasteiger partial charge in [0.1, 0.15) is 12.1 Å². The van der Waals surface area contributed by atoms with E-state index in [9.17, 15) is 24.6 Å². The number of nitrogens with one attached hydrogen (secondary N) is 1. The van der Waals surface area contributed by atoms with Gasteiger partial charge in [-0.15, -0.1) is 0 Å². The first-order valence-corrected chi connectivity index (χ1v) is 12.9. The molecule has 1 rings (SSSR count). The van der Waals surface area contributed by atoms with Crippen molar-refractivity contribution in [3.05, 3.63) is 35.9 Å². The highest BCUT2D eigenvalue weighted by molar-refractivity contribution is 5.94. The standard InChI is InChI=1S/C27H42N6O5/c1-18(32-23(26(35)36)13-7-9-15-30-19(2)28)17-22(21-11-5-4-6-12-21)25(34)33-24(27(37)38)14-8-10-16-31-20(3)29/h4-6,11-12,22-24H,7-10,13-17H2,1-3H3,(H2,28,30)(H2,29,31)(H,33,34)(H,35,36)(H,37,38). The number of unbranched alkanes of at least 4 members (excludes halogenated alkanes) is 2. The van der Waals surface area contributed by atoms with Crippen LogP contribution in [0.2, 0.25) is 0 Å². The summed E-state index contributed by atoms with van der Waals surface area (Å²) in [5.74, 6) is -2.37. The number of carboxylic acid groups (broad SMARTS) is 2. The van der Waals surface area contributed by atoms with E-state index in [0.29, 0.717) is 68.1 Å². The minimum absolute atomic E-state index is 0.160. The van der Waals surface area contributed by atoms with Crippen molar-refractivity contribution >= 4 is 35.2 Å². The minimum Gasteiger partial charge on any atom is -0.480 e. The lowest BCUT2D eigenvalue weighted by Gasteiger charge is -2.21. The quantitative estimate of drug-likeness (QED) is 0.109. The molecule has 0 bridgehead atoms. The summed E-state index contributed by atoms with van der Waals surface area (Å²) >= 11 is 0. The normalized spacial score (nSPS) is 15.0. The van der Waals surface area contributed by atoms with Gasteiger partial charge in [-0.2, -0.15) is 0 Å². The largest absolute Gasteiger partial charge is 0.480 e. The smallest absolute Gasteiger partial charge is 0.328 e. The summed E-state index contributed by atoms with van der Waals surface area (Å²) in [6.07, 6.45) is 3.26. The fourth-order valence-corrected chi connectivity index (χ4v) is 3.85. The third kappa shape index (κ3) is 13.5. The molecule has 1 aromatic rings. The van der Waals surface area contributed by atoms with Gasteiger partial charge in [0.05, 0.1) is 17.6 Å². The van der Waals surface area contributed by atoms with E-state index < -0.39 is 35.8 Å². The molecule has 38 heavy (non-hydrogen) atoms. The summed E-state index contributed by atoms with van der Waals surface area (Å²) in [5, 5.41) is 22.0. The van der Waals surface area contributed by atoms with E-state index in [1.54, 1.807) is 45.0 Å². The third-order valence-corrected chi connectivity index (χ3v) is 5.80. The van der Waals surface area contributed by atoms with Crippen molar-refractivity contribution in [3.8, 4) is 0 Å². The van der Waals surface area contributed by atoms with Gasteiger partial charge in [-0.05, 0) is 64.9 Å². The van der Waals surface area contributed by atoms with E-state index >= 15 is 0 Å². The average molecular weight is 531 g/mol. The molecule has 0 radical (unpaired) electrons. The highest BCUT2D eigenvalue weighted by Gasteiger charge is 2.27. The zero-order valence-electron chi connectivity index (χ0n) is 22.6. The molecule has 0 saturated heterocycles. The molecule has 0 aliphatic rings.